The Kier molecular flexibility index (Phi) is 9.57. The van der Waals surface area contributed by atoms with E-state index in [0.717, 1.165) is 24.2 Å². The third-order valence-electron chi connectivity index (χ3n) is 6.33. The monoisotopic (exact) mass is 576 g/mol. The minimum Gasteiger partial charge on any atom is -0.507 e. The second-order valence-electron chi connectivity index (χ2n) is 9.20. The number of hydrogen-bond donors (Lipinski definition) is 1. The normalized spacial score (nSPS) is 16.1. The Morgan fingerprint density at radius 2 is 1.88 bits per heavy atom. The highest BCUT2D eigenvalue weighted by molar-refractivity contribution is 7.17. The maximum atomic E-state index is 13.6. The van der Waals surface area contributed by atoms with Crippen LogP contribution in [0.15, 0.2) is 66.8 Å². The number of aliphatic hydroxyl groups excluding tert-OH is 1. The molecule has 1 fully saturated rings. The van der Waals surface area contributed by atoms with Gasteiger partial charge in [-0.3, -0.25) is 14.5 Å². The molecule has 0 saturated carbocycles. The number of nitrogens with zero attached hydrogens (tertiary/aromatic N) is 2. The predicted molar refractivity (Wildman–Crippen MR) is 157 cm³/mol. The molecule has 41 heavy (non-hydrogen) atoms. The Morgan fingerprint density at radius 1 is 1.12 bits per heavy atom. The zero-order valence-electron chi connectivity index (χ0n) is 23.2. The Bertz CT molecular complexity index is 1480. The summed E-state index contributed by atoms with van der Waals surface area (Å²) in [6, 6.07) is 12.6. The SMILES string of the molecule is C=CCOC(=O)c1sc(N2C(=O)C(=O)/C(=C(/O)c3ccc(OCC)cc3)C2c2cccc(OCCCC)c2)nc1C. The third kappa shape index (κ3) is 6.33. The maximum absolute atomic E-state index is 13.6. The molecule has 4 rings (SSSR count). The molecule has 1 aliphatic heterocycles. The van der Waals surface area contributed by atoms with E-state index in [1.807, 2.05) is 6.92 Å². The Morgan fingerprint density at radius 3 is 2.56 bits per heavy atom. The van der Waals surface area contributed by atoms with Crippen LogP contribution >= 0.6 is 11.3 Å². The number of ether oxygens (including phenoxy) is 3. The zero-order chi connectivity index (χ0) is 29.5. The standard InChI is InChI=1S/C31H32N2O7S/c1-5-8-17-39-23-11-9-10-21(18-23)25-24(26(34)20-12-14-22(15-13-20)38-7-3)27(35)29(36)33(25)31-32-19(4)28(41-31)30(37)40-16-6-2/h6,9-15,18,25,34H,2,5,7-8,16-17H2,1,3-4H3/b26-24+. The quantitative estimate of drug-likeness (QED) is 0.0697. The van der Waals surface area contributed by atoms with Crippen molar-refractivity contribution in [3.05, 3.63) is 88.5 Å². The first-order valence-electron chi connectivity index (χ1n) is 13.3. The van der Waals surface area contributed by atoms with E-state index in [1.54, 1.807) is 55.5 Å². The van der Waals surface area contributed by atoms with Gasteiger partial charge in [-0.15, -0.1) is 0 Å². The number of Topliss-reactive ketones (excluding diaryl/α,β-unsaturated/α-hetero) is 1. The lowest BCUT2D eigenvalue weighted by molar-refractivity contribution is -0.132. The van der Waals surface area contributed by atoms with Gasteiger partial charge in [-0.1, -0.05) is 49.5 Å². The van der Waals surface area contributed by atoms with Gasteiger partial charge in [0.1, 0.15) is 28.7 Å². The summed E-state index contributed by atoms with van der Waals surface area (Å²) in [6.45, 7) is 10.1. The van der Waals surface area contributed by atoms with Crippen LogP contribution in [0.2, 0.25) is 0 Å². The second kappa shape index (κ2) is 13.3. The van der Waals surface area contributed by atoms with Crippen molar-refractivity contribution in [1.82, 2.24) is 4.98 Å². The van der Waals surface area contributed by atoms with Gasteiger partial charge in [0.15, 0.2) is 5.13 Å². The Labute approximate surface area is 242 Å². The summed E-state index contributed by atoms with van der Waals surface area (Å²) in [4.78, 5) is 45.6. The van der Waals surface area contributed by atoms with Gasteiger partial charge in [-0.2, -0.15) is 0 Å². The summed E-state index contributed by atoms with van der Waals surface area (Å²) in [6.07, 6.45) is 3.27. The predicted octanol–water partition coefficient (Wildman–Crippen LogP) is 6.00. The van der Waals surface area contributed by atoms with Gasteiger partial charge in [0, 0.05) is 5.56 Å². The summed E-state index contributed by atoms with van der Waals surface area (Å²) < 4.78 is 16.5. The summed E-state index contributed by atoms with van der Waals surface area (Å²) in [7, 11) is 0. The van der Waals surface area contributed by atoms with Gasteiger partial charge >= 0.3 is 11.9 Å². The average Bonchev–Trinajstić information content (AvgIpc) is 3.48. The molecule has 1 aromatic heterocycles. The minimum absolute atomic E-state index is 0.0168. The lowest BCUT2D eigenvalue weighted by Crippen LogP contribution is -2.29. The molecule has 1 unspecified atom stereocenters. The van der Waals surface area contributed by atoms with Crippen LogP contribution in [0.5, 0.6) is 11.5 Å². The van der Waals surface area contributed by atoms with E-state index >= 15 is 0 Å². The molecule has 9 nitrogen and oxygen atoms in total. The van der Waals surface area contributed by atoms with Crippen molar-refractivity contribution < 1.29 is 33.7 Å². The Hall–Kier alpha value is -4.44. The minimum atomic E-state index is -1.03. The number of unbranched alkanes of at least 4 members (excludes halogenated alkanes) is 1. The van der Waals surface area contributed by atoms with Gasteiger partial charge in [-0.05, 0) is 62.2 Å². The topological polar surface area (TPSA) is 115 Å². The van der Waals surface area contributed by atoms with E-state index in [9.17, 15) is 19.5 Å². The number of esters is 1. The molecule has 10 heteroatoms. The largest absolute Gasteiger partial charge is 0.507 e. The number of aryl methyl sites for hydroxylation is 1. The van der Waals surface area contributed by atoms with Crippen LogP contribution in [-0.2, 0) is 14.3 Å². The number of hydrogen-bond acceptors (Lipinski definition) is 9. The molecule has 214 valence electrons. The molecular weight excluding hydrogens is 544 g/mol. The van der Waals surface area contributed by atoms with Crippen LogP contribution in [0.1, 0.15) is 59.2 Å². The molecule has 2 aromatic carbocycles. The van der Waals surface area contributed by atoms with Gasteiger partial charge in [-0.25, -0.2) is 9.78 Å². The third-order valence-corrected chi connectivity index (χ3v) is 7.47. The van der Waals surface area contributed by atoms with Crippen LogP contribution < -0.4 is 14.4 Å². The Balaban J connectivity index is 1.84. The molecule has 1 saturated heterocycles. The number of benzene rings is 2. The van der Waals surface area contributed by atoms with Crippen molar-refractivity contribution in [3.8, 4) is 11.5 Å². The van der Waals surface area contributed by atoms with E-state index in [4.69, 9.17) is 14.2 Å². The lowest BCUT2D eigenvalue weighted by atomic mass is 9.95. The highest BCUT2D eigenvalue weighted by atomic mass is 32.1. The number of anilines is 1. The molecule has 0 spiro atoms. The number of carbonyl (C=O) groups is 3. The number of thiazole rings is 1. The summed E-state index contributed by atoms with van der Waals surface area (Å²) in [5, 5.41) is 11.5. The molecule has 1 N–H and O–H groups in total. The molecule has 3 aromatic rings. The zero-order valence-corrected chi connectivity index (χ0v) is 24.0. The first-order chi connectivity index (χ1) is 19.8. The fourth-order valence-corrected chi connectivity index (χ4v) is 5.35. The van der Waals surface area contributed by atoms with Gasteiger partial charge < -0.3 is 19.3 Å². The van der Waals surface area contributed by atoms with Crippen LogP contribution in [0.4, 0.5) is 5.13 Å². The second-order valence-corrected chi connectivity index (χ2v) is 10.2. The van der Waals surface area contributed by atoms with E-state index in [0.29, 0.717) is 41.5 Å². The summed E-state index contributed by atoms with van der Waals surface area (Å²) in [5.74, 6) is -1.53. The molecule has 2 heterocycles. The first kappa shape index (κ1) is 29.5. The van der Waals surface area contributed by atoms with Crippen molar-refractivity contribution in [2.45, 2.75) is 39.7 Å². The summed E-state index contributed by atoms with van der Waals surface area (Å²) >= 11 is 0.938. The van der Waals surface area contributed by atoms with E-state index in [-0.39, 0.29) is 27.9 Å². The number of aromatic nitrogens is 1. The first-order valence-corrected chi connectivity index (χ1v) is 14.1. The van der Waals surface area contributed by atoms with Crippen molar-refractivity contribution in [1.29, 1.82) is 0 Å². The smallest absolute Gasteiger partial charge is 0.350 e. The fraction of sp³-hybridized carbons (Fsp3) is 0.290. The van der Waals surface area contributed by atoms with Crippen molar-refractivity contribution in [2.24, 2.45) is 0 Å². The number of amides is 1. The van der Waals surface area contributed by atoms with Crippen molar-refractivity contribution >= 4 is 39.9 Å². The molecule has 0 bridgehead atoms. The maximum Gasteiger partial charge on any atom is 0.350 e. The number of ketones is 1. The number of aliphatic hydroxyl groups is 1. The van der Waals surface area contributed by atoms with Gasteiger partial charge in [0.2, 0.25) is 0 Å². The van der Waals surface area contributed by atoms with E-state index in [1.165, 1.54) is 11.0 Å². The molecule has 0 aliphatic carbocycles. The molecule has 1 atom stereocenters. The van der Waals surface area contributed by atoms with Crippen LogP contribution in [-0.4, -0.2) is 47.6 Å². The number of carbonyl (C=O) groups excluding carboxylic acids is 3. The highest BCUT2D eigenvalue weighted by Crippen LogP contribution is 2.44. The fourth-order valence-electron chi connectivity index (χ4n) is 4.36. The van der Waals surface area contributed by atoms with Crippen LogP contribution in [0.3, 0.4) is 0 Å². The van der Waals surface area contributed by atoms with E-state index < -0.39 is 23.7 Å². The van der Waals surface area contributed by atoms with Crippen LogP contribution in [0, 0.1) is 6.92 Å². The van der Waals surface area contributed by atoms with Crippen molar-refractivity contribution in [3.63, 3.8) is 0 Å². The lowest BCUT2D eigenvalue weighted by Gasteiger charge is -2.23. The van der Waals surface area contributed by atoms with Gasteiger partial charge in [0.05, 0.1) is 30.5 Å². The molecule has 1 amide bonds. The molecule has 1 aliphatic rings. The summed E-state index contributed by atoms with van der Waals surface area (Å²) in [5.41, 5.74) is 1.13. The highest BCUT2D eigenvalue weighted by Gasteiger charge is 2.48. The van der Waals surface area contributed by atoms with Crippen LogP contribution in [0.25, 0.3) is 5.76 Å². The molecular formula is C31H32N2O7S. The van der Waals surface area contributed by atoms with Gasteiger partial charge in [0.25, 0.3) is 5.78 Å². The average molecular weight is 577 g/mol. The molecule has 0 radical (unpaired) electrons. The van der Waals surface area contributed by atoms with E-state index in [2.05, 4.69) is 18.5 Å². The number of rotatable bonds is 12. The van der Waals surface area contributed by atoms with Crippen molar-refractivity contribution in [2.75, 3.05) is 24.7 Å².